The molecule has 0 bridgehead atoms. The fourth-order valence-electron chi connectivity index (χ4n) is 3.15. The van der Waals surface area contributed by atoms with Crippen LogP contribution in [0.2, 0.25) is 5.02 Å². The zero-order chi connectivity index (χ0) is 22.7. The molecule has 0 aliphatic heterocycles. The molecule has 1 aromatic heterocycles. The van der Waals surface area contributed by atoms with Crippen molar-refractivity contribution in [3.05, 3.63) is 93.8 Å². The van der Waals surface area contributed by atoms with Crippen molar-refractivity contribution in [2.45, 2.75) is 6.92 Å². The van der Waals surface area contributed by atoms with Gasteiger partial charge in [0, 0.05) is 27.0 Å². The Morgan fingerprint density at radius 1 is 0.875 bits per heavy atom. The first-order valence-electron chi connectivity index (χ1n) is 9.68. The maximum absolute atomic E-state index is 12.7. The first kappa shape index (κ1) is 22.0. The Hall–Kier alpha value is -3.26. The molecule has 0 saturated heterocycles. The number of benzene rings is 3. The molecule has 0 fully saturated rings. The third-order valence-corrected chi connectivity index (χ3v) is 6.51. The smallest absolute Gasteiger partial charge is 0.269 e. The number of rotatable bonds is 4. The maximum Gasteiger partial charge on any atom is 0.269 e. The van der Waals surface area contributed by atoms with E-state index in [-0.39, 0.29) is 16.9 Å². The summed E-state index contributed by atoms with van der Waals surface area (Å²) in [6.07, 6.45) is 0. The second kappa shape index (κ2) is 9.48. The Bertz CT molecular complexity index is 1350. The summed E-state index contributed by atoms with van der Waals surface area (Å²) in [7, 11) is 0. The van der Waals surface area contributed by atoms with Crippen LogP contribution in [0, 0.1) is 6.92 Å². The second-order valence-electron chi connectivity index (χ2n) is 7.05. The number of thiocarbonyl (C=S) groups is 1. The fraction of sp³-hybridized carbons (Fsp3) is 0.0417. The van der Waals surface area contributed by atoms with Crippen molar-refractivity contribution >= 4 is 73.5 Å². The molecule has 0 atom stereocenters. The number of carbonyl (C=O) groups is 2. The maximum atomic E-state index is 12.7. The van der Waals surface area contributed by atoms with E-state index in [1.165, 1.54) is 11.3 Å². The molecule has 5 nitrogen and oxygen atoms in total. The first-order valence-corrected chi connectivity index (χ1v) is 11.3. The highest BCUT2D eigenvalue weighted by molar-refractivity contribution is 7.80. The average molecular weight is 480 g/mol. The van der Waals surface area contributed by atoms with E-state index in [9.17, 15) is 9.59 Å². The van der Waals surface area contributed by atoms with E-state index in [0.29, 0.717) is 21.2 Å². The lowest BCUT2D eigenvalue weighted by Crippen LogP contribution is -2.33. The predicted octanol–water partition coefficient (Wildman–Crippen LogP) is 6.24. The van der Waals surface area contributed by atoms with E-state index in [1.807, 2.05) is 55.5 Å². The van der Waals surface area contributed by atoms with Gasteiger partial charge in [0.2, 0.25) is 0 Å². The molecule has 0 radical (unpaired) electrons. The topological polar surface area (TPSA) is 70.2 Å². The van der Waals surface area contributed by atoms with Crippen LogP contribution in [-0.4, -0.2) is 16.9 Å². The van der Waals surface area contributed by atoms with Crippen molar-refractivity contribution in [3.63, 3.8) is 0 Å². The van der Waals surface area contributed by atoms with Crippen LogP contribution in [-0.2, 0) is 0 Å². The SMILES string of the molecule is Cc1cccc(NC(=O)c2cccc(NC(=S)NC(=O)c3sc4ccccc4c3Cl)c2)c1. The number of hydrogen-bond acceptors (Lipinski definition) is 4. The van der Waals surface area contributed by atoms with Gasteiger partial charge in [-0.1, -0.05) is 48.0 Å². The number of amides is 2. The van der Waals surface area contributed by atoms with Gasteiger partial charge in [-0.25, -0.2) is 0 Å². The summed E-state index contributed by atoms with van der Waals surface area (Å²) in [6, 6.07) is 22.0. The minimum Gasteiger partial charge on any atom is -0.332 e. The molecule has 3 aromatic carbocycles. The number of fused-ring (bicyclic) bond motifs is 1. The van der Waals surface area contributed by atoms with Crippen LogP contribution >= 0.6 is 35.2 Å². The summed E-state index contributed by atoms with van der Waals surface area (Å²) < 4.78 is 0.925. The van der Waals surface area contributed by atoms with Gasteiger partial charge in [-0.2, -0.15) is 0 Å². The Kier molecular flexibility index (Phi) is 6.50. The van der Waals surface area contributed by atoms with Crippen LogP contribution < -0.4 is 16.0 Å². The van der Waals surface area contributed by atoms with Gasteiger partial charge in [-0.05, 0) is 61.1 Å². The second-order valence-corrected chi connectivity index (χ2v) is 8.89. The van der Waals surface area contributed by atoms with Crippen LogP contribution in [0.5, 0.6) is 0 Å². The monoisotopic (exact) mass is 479 g/mol. The molecule has 32 heavy (non-hydrogen) atoms. The van der Waals surface area contributed by atoms with Crippen molar-refractivity contribution in [3.8, 4) is 0 Å². The van der Waals surface area contributed by atoms with Gasteiger partial charge in [0.1, 0.15) is 4.88 Å². The molecule has 160 valence electrons. The molecule has 8 heteroatoms. The summed E-state index contributed by atoms with van der Waals surface area (Å²) >= 11 is 13.0. The minimum absolute atomic E-state index is 0.111. The number of hydrogen-bond donors (Lipinski definition) is 3. The predicted molar refractivity (Wildman–Crippen MR) is 136 cm³/mol. The van der Waals surface area contributed by atoms with E-state index in [2.05, 4.69) is 16.0 Å². The van der Waals surface area contributed by atoms with Crippen LogP contribution in [0.25, 0.3) is 10.1 Å². The lowest BCUT2D eigenvalue weighted by atomic mass is 10.1. The number of carbonyl (C=O) groups excluding carboxylic acids is 2. The lowest BCUT2D eigenvalue weighted by molar-refractivity contribution is 0.0980. The Morgan fingerprint density at radius 2 is 1.59 bits per heavy atom. The number of halogens is 1. The highest BCUT2D eigenvalue weighted by Gasteiger charge is 2.18. The van der Waals surface area contributed by atoms with E-state index in [0.717, 1.165) is 21.3 Å². The number of aryl methyl sites for hydroxylation is 1. The highest BCUT2D eigenvalue weighted by Crippen LogP contribution is 2.35. The summed E-state index contributed by atoms with van der Waals surface area (Å²) in [5, 5.41) is 9.81. The molecule has 0 aliphatic rings. The van der Waals surface area contributed by atoms with Crippen molar-refractivity contribution in [2.24, 2.45) is 0 Å². The minimum atomic E-state index is -0.387. The van der Waals surface area contributed by atoms with Gasteiger partial charge in [-0.15, -0.1) is 11.3 Å². The molecular formula is C24H18ClN3O2S2. The van der Waals surface area contributed by atoms with Gasteiger partial charge in [0.25, 0.3) is 11.8 Å². The largest absolute Gasteiger partial charge is 0.332 e. The van der Waals surface area contributed by atoms with Crippen LogP contribution in [0.15, 0.2) is 72.8 Å². The van der Waals surface area contributed by atoms with Gasteiger partial charge in [0.15, 0.2) is 5.11 Å². The third-order valence-electron chi connectivity index (χ3n) is 4.63. The highest BCUT2D eigenvalue weighted by atomic mass is 35.5. The number of anilines is 2. The summed E-state index contributed by atoms with van der Waals surface area (Å²) in [4.78, 5) is 25.7. The summed E-state index contributed by atoms with van der Waals surface area (Å²) in [6.45, 7) is 1.96. The molecule has 2 amide bonds. The standard InChI is InChI=1S/C24H18ClN3O2S2/c1-14-6-4-8-16(12-14)26-22(29)15-7-5-9-17(13-15)27-24(31)28-23(30)21-20(25)18-10-2-3-11-19(18)32-21/h2-13H,1H3,(H,26,29)(H2,27,28,30,31). The number of thiophene rings is 1. The molecule has 1 heterocycles. The Balaban J connectivity index is 1.42. The molecular weight excluding hydrogens is 462 g/mol. The van der Waals surface area contributed by atoms with E-state index >= 15 is 0 Å². The van der Waals surface area contributed by atoms with Crippen molar-refractivity contribution in [1.82, 2.24) is 5.32 Å². The van der Waals surface area contributed by atoms with E-state index in [1.54, 1.807) is 24.3 Å². The Morgan fingerprint density at radius 3 is 2.34 bits per heavy atom. The first-order chi connectivity index (χ1) is 15.4. The van der Waals surface area contributed by atoms with Crippen molar-refractivity contribution in [1.29, 1.82) is 0 Å². The molecule has 4 aromatic rings. The van der Waals surface area contributed by atoms with Crippen molar-refractivity contribution in [2.75, 3.05) is 10.6 Å². The molecule has 0 aliphatic carbocycles. The zero-order valence-corrected chi connectivity index (χ0v) is 19.3. The van der Waals surface area contributed by atoms with Gasteiger partial charge in [0.05, 0.1) is 5.02 Å². The van der Waals surface area contributed by atoms with Crippen LogP contribution in [0.1, 0.15) is 25.6 Å². The number of nitrogens with one attached hydrogen (secondary N) is 3. The van der Waals surface area contributed by atoms with Gasteiger partial charge in [-0.3, -0.25) is 14.9 Å². The molecule has 0 saturated carbocycles. The Labute approximate surface area is 199 Å². The molecule has 0 spiro atoms. The normalized spacial score (nSPS) is 10.6. The van der Waals surface area contributed by atoms with Gasteiger partial charge < -0.3 is 10.6 Å². The quantitative estimate of drug-likeness (QED) is 0.303. The van der Waals surface area contributed by atoms with E-state index in [4.69, 9.17) is 23.8 Å². The van der Waals surface area contributed by atoms with E-state index < -0.39 is 0 Å². The summed E-state index contributed by atoms with van der Waals surface area (Å²) in [5.41, 5.74) is 2.81. The lowest BCUT2D eigenvalue weighted by Gasteiger charge is -2.11. The zero-order valence-electron chi connectivity index (χ0n) is 16.9. The third kappa shape index (κ3) is 4.96. The molecule has 4 rings (SSSR count). The van der Waals surface area contributed by atoms with Gasteiger partial charge >= 0.3 is 0 Å². The van der Waals surface area contributed by atoms with Crippen LogP contribution in [0.4, 0.5) is 11.4 Å². The fourth-order valence-corrected chi connectivity index (χ4v) is 4.77. The molecule has 0 unspecified atom stereocenters. The average Bonchev–Trinajstić information content (AvgIpc) is 3.11. The van der Waals surface area contributed by atoms with Crippen LogP contribution in [0.3, 0.4) is 0 Å². The van der Waals surface area contributed by atoms with Crippen molar-refractivity contribution < 1.29 is 9.59 Å². The molecule has 3 N–H and O–H groups in total. The summed E-state index contributed by atoms with van der Waals surface area (Å²) in [5.74, 6) is -0.631.